The fourth-order valence-corrected chi connectivity index (χ4v) is 4.11. The van der Waals surface area contributed by atoms with Crippen molar-refractivity contribution in [2.75, 3.05) is 31.1 Å². The van der Waals surface area contributed by atoms with Gasteiger partial charge >= 0.3 is 0 Å². The average Bonchev–Trinajstić information content (AvgIpc) is 3.11. The van der Waals surface area contributed by atoms with E-state index in [0.29, 0.717) is 23.7 Å². The number of rotatable bonds is 4. The first-order chi connectivity index (χ1) is 14.4. The van der Waals surface area contributed by atoms with Crippen LogP contribution >= 0.6 is 23.8 Å². The molecular weight excluding hydrogens is 418 g/mol. The molecule has 0 spiro atoms. The topological polar surface area (TPSA) is 57.2 Å². The first kappa shape index (κ1) is 20.6. The van der Waals surface area contributed by atoms with Gasteiger partial charge in [-0.05, 0) is 43.8 Å². The number of anilines is 1. The van der Waals surface area contributed by atoms with Gasteiger partial charge in [-0.1, -0.05) is 47.5 Å². The lowest BCUT2D eigenvalue weighted by atomic mass is 10.1. The molecule has 1 aromatic heterocycles. The molecule has 0 atom stereocenters. The number of nitrogens with zero attached hydrogens (tertiary/aromatic N) is 4. The fraction of sp³-hybridized carbons (Fsp3) is 0.318. The highest BCUT2D eigenvalue weighted by molar-refractivity contribution is 7.71. The van der Waals surface area contributed by atoms with Crippen molar-refractivity contribution in [2.24, 2.45) is 0 Å². The Hall–Kier alpha value is -2.64. The van der Waals surface area contributed by atoms with Crippen LogP contribution in [0.3, 0.4) is 0 Å². The summed E-state index contributed by atoms with van der Waals surface area (Å²) in [5, 5.41) is 7.89. The molecule has 0 aliphatic carbocycles. The van der Waals surface area contributed by atoms with E-state index in [9.17, 15) is 4.79 Å². The van der Waals surface area contributed by atoms with Crippen LogP contribution in [0.5, 0.6) is 0 Å². The third-order valence-electron chi connectivity index (χ3n) is 5.51. The number of H-pyrrole nitrogens is 1. The molecule has 3 aromatic rings. The van der Waals surface area contributed by atoms with E-state index in [-0.39, 0.29) is 12.5 Å². The number of halogens is 1. The van der Waals surface area contributed by atoms with Gasteiger partial charge in [0.1, 0.15) is 6.54 Å². The molecular formula is C22H24ClN5OS. The molecule has 1 saturated heterocycles. The van der Waals surface area contributed by atoms with Crippen LogP contribution in [0.15, 0.2) is 42.5 Å². The second-order valence-electron chi connectivity index (χ2n) is 7.60. The second kappa shape index (κ2) is 8.62. The van der Waals surface area contributed by atoms with Crippen molar-refractivity contribution in [3.8, 4) is 11.4 Å². The number of carbonyl (C=O) groups excluding carboxylic acids is 1. The Labute approximate surface area is 186 Å². The minimum Gasteiger partial charge on any atom is -0.368 e. The van der Waals surface area contributed by atoms with E-state index in [1.54, 1.807) is 4.57 Å². The average molecular weight is 442 g/mol. The predicted octanol–water partition coefficient (Wildman–Crippen LogP) is 4.23. The Morgan fingerprint density at radius 1 is 1.10 bits per heavy atom. The quantitative estimate of drug-likeness (QED) is 0.615. The number of piperazine rings is 1. The maximum absolute atomic E-state index is 13.0. The van der Waals surface area contributed by atoms with E-state index in [4.69, 9.17) is 23.8 Å². The summed E-state index contributed by atoms with van der Waals surface area (Å²) < 4.78 is 2.22. The predicted molar refractivity (Wildman–Crippen MR) is 123 cm³/mol. The van der Waals surface area contributed by atoms with Crippen molar-refractivity contribution < 1.29 is 4.79 Å². The number of aryl methyl sites for hydroxylation is 2. The van der Waals surface area contributed by atoms with Crippen LogP contribution < -0.4 is 4.90 Å². The van der Waals surface area contributed by atoms with Gasteiger partial charge in [0.25, 0.3) is 0 Å². The molecule has 0 bridgehead atoms. The monoisotopic (exact) mass is 441 g/mol. The number of amides is 1. The largest absolute Gasteiger partial charge is 0.368 e. The second-order valence-corrected chi connectivity index (χ2v) is 8.43. The molecule has 4 rings (SSSR count). The fourth-order valence-electron chi connectivity index (χ4n) is 3.74. The van der Waals surface area contributed by atoms with Crippen molar-refractivity contribution in [1.29, 1.82) is 0 Å². The zero-order valence-corrected chi connectivity index (χ0v) is 18.6. The molecule has 1 aliphatic rings. The van der Waals surface area contributed by atoms with E-state index in [0.717, 1.165) is 29.4 Å². The van der Waals surface area contributed by atoms with Crippen LogP contribution in [-0.4, -0.2) is 51.8 Å². The Balaban J connectivity index is 1.45. The SMILES string of the molecule is Cc1ccc(-c2n[nH]c(=S)n2CC(=O)N2CCN(c3cc(Cl)ccc3C)CC2)cc1. The van der Waals surface area contributed by atoms with Crippen molar-refractivity contribution in [1.82, 2.24) is 19.7 Å². The normalized spacial score (nSPS) is 14.2. The lowest BCUT2D eigenvalue weighted by Gasteiger charge is -2.37. The molecule has 1 fully saturated rings. The van der Waals surface area contributed by atoms with E-state index in [1.807, 2.05) is 54.3 Å². The highest BCUT2D eigenvalue weighted by Crippen LogP contribution is 2.25. The van der Waals surface area contributed by atoms with Crippen LogP contribution in [0.25, 0.3) is 11.4 Å². The lowest BCUT2D eigenvalue weighted by Crippen LogP contribution is -2.49. The summed E-state index contributed by atoms with van der Waals surface area (Å²) in [6, 6.07) is 14.0. The standard InChI is InChI=1S/C22H24ClN5OS/c1-15-3-6-17(7-4-15)21-24-25-22(30)28(21)14-20(29)27-11-9-26(10-12-27)19-13-18(23)8-5-16(19)2/h3-8,13H,9-12,14H2,1-2H3,(H,25,30). The van der Waals surface area contributed by atoms with E-state index in [2.05, 4.69) is 22.0 Å². The molecule has 8 heteroatoms. The van der Waals surface area contributed by atoms with Crippen LogP contribution in [0, 0.1) is 18.6 Å². The van der Waals surface area contributed by atoms with E-state index >= 15 is 0 Å². The molecule has 6 nitrogen and oxygen atoms in total. The molecule has 2 heterocycles. The Bertz CT molecular complexity index is 1110. The van der Waals surface area contributed by atoms with Crippen molar-refractivity contribution in [3.63, 3.8) is 0 Å². The number of aromatic amines is 1. The molecule has 0 radical (unpaired) electrons. The molecule has 2 aromatic carbocycles. The summed E-state index contributed by atoms with van der Waals surface area (Å²) in [5.74, 6) is 0.727. The van der Waals surface area contributed by atoms with Gasteiger partial charge in [-0.15, -0.1) is 0 Å². The smallest absolute Gasteiger partial charge is 0.242 e. The minimum absolute atomic E-state index is 0.0447. The highest BCUT2D eigenvalue weighted by atomic mass is 35.5. The summed E-state index contributed by atoms with van der Waals surface area (Å²) in [6.07, 6.45) is 0. The molecule has 30 heavy (non-hydrogen) atoms. The molecule has 1 amide bonds. The van der Waals surface area contributed by atoms with Gasteiger partial charge in [0.05, 0.1) is 0 Å². The Morgan fingerprint density at radius 3 is 2.50 bits per heavy atom. The van der Waals surface area contributed by atoms with Gasteiger partial charge < -0.3 is 9.80 Å². The zero-order valence-electron chi connectivity index (χ0n) is 17.1. The van der Waals surface area contributed by atoms with Gasteiger partial charge in [-0.25, -0.2) is 0 Å². The van der Waals surface area contributed by atoms with Crippen LogP contribution in [-0.2, 0) is 11.3 Å². The summed E-state index contributed by atoms with van der Waals surface area (Å²) in [4.78, 5) is 17.2. The summed E-state index contributed by atoms with van der Waals surface area (Å²) in [5.41, 5.74) is 4.42. The Morgan fingerprint density at radius 2 is 1.80 bits per heavy atom. The summed E-state index contributed by atoms with van der Waals surface area (Å²) in [7, 11) is 0. The minimum atomic E-state index is 0.0447. The van der Waals surface area contributed by atoms with Crippen LogP contribution in [0.2, 0.25) is 5.02 Å². The number of hydrogen-bond donors (Lipinski definition) is 1. The molecule has 1 N–H and O–H groups in total. The maximum atomic E-state index is 13.0. The Kier molecular flexibility index (Phi) is 5.92. The molecule has 0 saturated carbocycles. The maximum Gasteiger partial charge on any atom is 0.242 e. The number of carbonyl (C=O) groups is 1. The first-order valence-corrected chi connectivity index (χ1v) is 10.7. The van der Waals surface area contributed by atoms with Crippen molar-refractivity contribution >= 4 is 35.4 Å². The number of benzene rings is 2. The number of nitrogens with one attached hydrogen (secondary N) is 1. The van der Waals surface area contributed by atoms with Crippen LogP contribution in [0.1, 0.15) is 11.1 Å². The van der Waals surface area contributed by atoms with Gasteiger partial charge in [-0.3, -0.25) is 14.5 Å². The van der Waals surface area contributed by atoms with E-state index < -0.39 is 0 Å². The van der Waals surface area contributed by atoms with Gasteiger partial charge in [0, 0.05) is 42.5 Å². The third-order valence-corrected chi connectivity index (χ3v) is 6.05. The van der Waals surface area contributed by atoms with Gasteiger partial charge in [0.2, 0.25) is 5.91 Å². The number of aromatic nitrogens is 3. The molecule has 156 valence electrons. The summed E-state index contributed by atoms with van der Waals surface area (Å²) >= 11 is 11.6. The molecule has 1 aliphatic heterocycles. The molecule has 0 unspecified atom stereocenters. The highest BCUT2D eigenvalue weighted by Gasteiger charge is 2.23. The summed E-state index contributed by atoms with van der Waals surface area (Å²) in [6.45, 7) is 7.16. The van der Waals surface area contributed by atoms with Crippen molar-refractivity contribution in [2.45, 2.75) is 20.4 Å². The van der Waals surface area contributed by atoms with Gasteiger partial charge in [0.15, 0.2) is 10.6 Å². The third kappa shape index (κ3) is 4.27. The van der Waals surface area contributed by atoms with Crippen LogP contribution in [0.4, 0.5) is 5.69 Å². The first-order valence-electron chi connectivity index (χ1n) is 9.93. The lowest BCUT2D eigenvalue weighted by molar-refractivity contribution is -0.132. The number of hydrogen-bond acceptors (Lipinski definition) is 4. The van der Waals surface area contributed by atoms with Gasteiger partial charge in [-0.2, -0.15) is 5.10 Å². The van der Waals surface area contributed by atoms with Crippen molar-refractivity contribution in [3.05, 3.63) is 63.4 Å². The van der Waals surface area contributed by atoms with E-state index in [1.165, 1.54) is 11.1 Å². The zero-order chi connectivity index (χ0) is 21.3.